The minimum atomic E-state index is -0.347. The van der Waals surface area contributed by atoms with Gasteiger partial charge in [-0.3, -0.25) is 0 Å². The van der Waals surface area contributed by atoms with Crippen LogP contribution in [-0.2, 0) is 0 Å². The average molecular weight is 226 g/mol. The van der Waals surface area contributed by atoms with E-state index in [1.165, 1.54) is 0 Å². The molecule has 0 aliphatic carbocycles. The zero-order valence-corrected chi connectivity index (χ0v) is 8.24. The molecular formula is C8H2O4S2. The third kappa shape index (κ3) is 1.04. The fourth-order valence-corrected chi connectivity index (χ4v) is 2.60. The molecule has 0 radical (unpaired) electrons. The molecule has 2 heterocycles. The van der Waals surface area contributed by atoms with Crippen molar-refractivity contribution in [3.63, 3.8) is 0 Å². The van der Waals surface area contributed by atoms with Crippen LogP contribution in [0.5, 0.6) is 0 Å². The lowest BCUT2D eigenvalue weighted by Gasteiger charge is -1.84. The van der Waals surface area contributed by atoms with Crippen LogP contribution in [-0.4, -0.2) is 0 Å². The summed E-state index contributed by atoms with van der Waals surface area (Å²) in [4.78, 5) is 21.1. The SMILES string of the molecule is O=c1oc2cc3sc(=O)oc3cc2s1. The van der Waals surface area contributed by atoms with Gasteiger partial charge in [0.1, 0.15) is 0 Å². The van der Waals surface area contributed by atoms with Gasteiger partial charge < -0.3 is 8.83 Å². The van der Waals surface area contributed by atoms with Crippen LogP contribution in [0, 0.1) is 0 Å². The molecule has 1 aromatic carbocycles. The molecule has 0 amide bonds. The van der Waals surface area contributed by atoms with Gasteiger partial charge in [0.25, 0.3) is 0 Å². The van der Waals surface area contributed by atoms with Gasteiger partial charge in [-0.25, -0.2) is 9.59 Å². The first kappa shape index (κ1) is 7.95. The summed E-state index contributed by atoms with van der Waals surface area (Å²) in [5.74, 6) is 0. The topological polar surface area (TPSA) is 60.4 Å². The Bertz CT molecular complexity index is 610. The predicted molar refractivity (Wildman–Crippen MR) is 54.3 cm³/mol. The Morgan fingerprint density at radius 2 is 1.29 bits per heavy atom. The van der Waals surface area contributed by atoms with Gasteiger partial charge in [-0.2, -0.15) is 0 Å². The van der Waals surface area contributed by atoms with E-state index in [0.717, 1.165) is 22.7 Å². The van der Waals surface area contributed by atoms with Crippen LogP contribution in [0.3, 0.4) is 0 Å². The fourth-order valence-electron chi connectivity index (χ4n) is 1.24. The Labute approximate surface area is 84.0 Å². The van der Waals surface area contributed by atoms with Crippen LogP contribution >= 0.6 is 22.7 Å². The second-order valence-electron chi connectivity index (χ2n) is 2.65. The number of rotatable bonds is 0. The summed E-state index contributed by atoms with van der Waals surface area (Å²) < 4.78 is 11.2. The number of benzene rings is 1. The zero-order chi connectivity index (χ0) is 9.71. The van der Waals surface area contributed by atoms with Crippen LogP contribution in [0.25, 0.3) is 20.6 Å². The fraction of sp³-hybridized carbons (Fsp3) is 0. The van der Waals surface area contributed by atoms with Gasteiger partial charge in [-0.15, -0.1) is 0 Å². The second-order valence-corrected chi connectivity index (χ2v) is 4.61. The second kappa shape index (κ2) is 2.55. The Morgan fingerprint density at radius 1 is 0.857 bits per heavy atom. The number of hydrogen-bond acceptors (Lipinski definition) is 6. The Hall–Kier alpha value is -1.40. The first-order chi connectivity index (χ1) is 6.72. The normalized spacial score (nSPS) is 11.4. The molecule has 0 spiro atoms. The highest BCUT2D eigenvalue weighted by Gasteiger charge is 2.08. The molecule has 0 unspecified atom stereocenters. The standard InChI is InChI=1S/C8H2O4S2/c9-7-11-3-1-5-4(2-6(3)14-7)12-8(10)13-5/h1-2H. The molecule has 3 aromatic rings. The Balaban J connectivity index is 2.61. The molecule has 0 aliphatic heterocycles. The Kier molecular flexibility index (Phi) is 1.45. The minimum absolute atomic E-state index is 0.347. The monoisotopic (exact) mass is 226 g/mol. The molecule has 0 N–H and O–H groups in total. The van der Waals surface area contributed by atoms with Crippen molar-refractivity contribution < 1.29 is 8.83 Å². The molecule has 0 atom stereocenters. The van der Waals surface area contributed by atoms with Crippen molar-refractivity contribution in [1.29, 1.82) is 0 Å². The highest BCUT2D eigenvalue weighted by Crippen LogP contribution is 2.25. The van der Waals surface area contributed by atoms with Crippen molar-refractivity contribution in [2.75, 3.05) is 0 Å². The lowest BCUT2D eigenvalue weighted by molar-refractivity contribution is 0.581. The van der Waals surface area contributed by atoms with E-state index in [1.807, 2.05) is 0 Å². The molecule has 0 saturated carbocycles. The maximum absolute atomic E-state index is 10.9. The predicted octanol–water partition coefficient (Wildman–Crippen LogP) is 2.02. The average Bonchev–Trinajstić information content (AvgIpc) is 2.59. The van der Waals surface area contributed by atoms with E-state index in [2.05, 4.69) is 0 Å². The molecule has 6 heteroatoms. The van der Waals surface area contributed by atoms with Gasteiger partial charge in [0.2, 0.25) is 0 Å². The molecule has 3 rings (SSSR count). The van der Waals surface area contributed by atoms with Crippen LogP contribution in [0.2, 0.25) is 0 Å². The Morgan fingerprint density at radius 3 is 1.71 bits per heavy atom. The first-order valence-corrected chi connectivity index (χ1v) is 5.33. The molecule has 0 bridgehead atoms. The summed E-state index contributed by atoms with van der Waals surface area (Å²) in [7, 11) is 0. The van der Waals surface area contributed by atoms with Crippen molar-refractivity contribution in [2.24, 2.45) is 0 Å². The van der Waals surface area contributed by atoms with Crippen molar-refractivity contribution in [1.82, 2.24) is 0 Å². The van der Waals surface area contributed by atoms with E-state index in [4.69, 9.17) is 8.83 Å². The zero-order valence-electron chi connectivity index (χ0n) is 6.60. The van der Waals surface area contributed by atoms with E-state index in [9.17, 15) is 9.59 Å². The highest BCUT2D eigenvalue weighted by atomic mass is 32.1. The summed E-state index contributed by atoms with van der Waals surface area (Å²) in [5.41, 5.74) is 1.01. The smallest absolute Gasteiger partial charge is 0.396 e. The molecule has 70 valence electrons. The van der Waals surface area contributed by atoms with E-state index in [1.54, 1.807) is 12.1 Å². The lowest BCUT2D eigenvalue weighted by atomic mass is 10.3. The number of hydrogen-bond donors (Lipinski definition) is 0. The molecule has 0 aliphatic rings. The third-order valence-electron chi connectivity index (χ3n) is 1.78. The summed E-state index contributed by atoms with van der Waals surface area (Å²) in [6.45, 7) is 0. The van der Waals surface area contributed by atoms with Crippen molar-refractivity contribution in [2.45, 2.75) is 0 Å². The van der Waals surface area contributed by atoms with Gasteiger partial charge in [-0.1, -0.05) is 22.7 Å². The first-order valence-electron chi connectivity index (χ1n) is 3.70. The highest BCUT2D eigenvalue weighted by molar-refractivity contribution is 7.17. The van der Waals surface area contributed by atoms with Crippen LogP contribution in [0.1, 0.15) is 0 Å². The van der Waals surface area contributed by atoms with E-state index in [-0.39, 0.29) is 9.88 Å². The molecule has 0 saturated heterocycles. The lowest BCUT2D eigenvalue weighted by Crippen LogP contribution is -1.79. The van der Waals surface area contributed by atoms with Gasteiger partial charge >= 0.3 is 9.88 Å². The molecule has 2 aromatic heterocycles. The molecule has 14 heavy (non-hydrogen) atoms. The molecular weight excluding hydrogens is 224 g/mol. The summed E-state index contributed by atoms with van der Waals surface area (Å²) in [5, 5.41) is 0. The van der Waals surface area contributed by atoms with E-state index < -0.39 is 0 Å². The van der Waals surface area contributed by atoms with E-state index in [0.29, 0.717) is 20.6 Å². The van der Waals surface area contributed by atoms with Crippen molar-refractivity contribution in [3.8, 4) is 0 Å². The van der Waals surface area contributed by atoms with Crippen LogP contribution < -0.4 is 9.88 Å². The summed E-state index contributed by atoms with van der Waals surface area (Å²) in [6.07, 6.45) is 0. The van der Waals surface area contributed by atoms with Gasteiger partial charge in [0.15, 0.2) is 11.2 Å². The van der Waals surface area contributed by atoms with Crippen LogP contribution in [0.15, 0.2) is 30.6 Å². The molecule has 0 fully saturated rings. The van der Waals surface area contributed by atoms with Gasteiger partial charge in [0, 0.05) is 12.1 Å². The largest absolute Gasteiger partial charge is 0.414 e. The minimum Gasteiger partial charge on any atom is -0.414 e. The molecule has 4 nitrogen and oxygen atoms in total. The van der Waals surface area contributed by atoms with Crippen molar-refractivity contribution >= 4 is 43.2 Å². The number of fused-ring (bicyclic) bond motifs is 2. The van der Waals surface area contributed by atoms with E-state index >= 15 is 0 Å². The maximum Gasteiger partial charge on any atom is 0.396 e. The summed E-state index contributed by atoms with van der Waals surface area (Å²) >= 11 is 1.99. The van der Waals surface area contributed by atoms with Crippen molar-refractivity contribution in [3.05, 3.63) is 31.6 Å². The van der Waals surface area contributed by atoms with Gasteiger partial charge in [-0.05, 0) is 0 Å². The van der Waals surface area contributed by atoms with Crippen LogP contribution in [0.4, 0.5) is 0 Å². The quantitative estimate of drug-likeness (QED) is 0.588. The maximum atomic E-state index is 10.9. The summed E-state index contributed by atoms with van der Waals surface area (Å²) in [6, 6.07) is 3.30. The third-order valence-corrected chi connectivity index (χ3v) is 3.36. The van der Waals surface area contributed by atoms with Gasteiger partial charge in [0.05, 0.1) is 9.40 Å².